The monoisotopic (exact) mass is 560 g/mol. The summed E-state index contributed by atoms with van der Waals surface area (Å²) < 4.78 is 51.1. The Bertz CT molecular complexity index is 1580. The standard InChI is InChI=1S/C33H36O6S/c1-8-13-36-30-18-29(39-40(34,35)32-22(4)14-20(2)15-23(32)5)21(3)16-27(30)25-17-24-9-10-28-26(31(24)37-19-25)11-12-33(6,7)38-28/h8-12,14-18,21,29H,1,13,19H2,2-7H3. The van der Waals surface area contributed by atoms with Crippen molar-refractivity contribution in [2.45, 2.75) is 58.1 Å². The zero-order valence-corrected chi connectivity index (χ0v) is 24.7. The summed E-state index contributed by atoms with van der Waals surface area (Å²) in [6.45, 7) is 15.9. The van der Waals surface area contributed by atoms with E-state index in [2.05, 4.69) is 18.7 Å². The molecule has 2 unspecified atom stereocenters. The zero-order valence-electron chi connectivity index (χ0n) is 23.9. The Morgan fingerprint density at radius 2 is 1.85 bits per heavy atom. The minimum absolute atomic E-state index is 0.215. The summed E-state index contributed by atoms with van der Waals surface area (Å²) in [6.07, 6.45) is 10.8. The molecule has 0 saturated heterocycles. The van der Waals surface area contributed by atoms with E-state index in [9.17, 15) is 8.42 Å². The molecule has 2 aliphatic heterocycles. The number of hydrogen-bond donors (Lipinski definition) is 0. The molecule has 7 heteroatoms. The van der Waals surface area contributed by atoms with Gasteiger partial charge < -0.3 is 14.2 Å². The molecule has 210 valence electrons. The molecule has 0 bridgehead atoms. The maximum atomic E-state index is 13.4. The Balaban J connectivity index is 1.46. The van der Waals surface area contributed by atoms with Crippen LogP contribution < -0.4 is 9.47 Å². The molecule has 0 amide bonds. The third-order valence-corrected chi connectivity index (χ3v) is 8.86. The molecule has 6 nitrogen and oxygen atoms in total. The summed E-state index contributed by atoms with van der Waals surface area (Å²) in [7, 11) is -4.02. The van der Waals surface area contributed by atoms with Gasteiger partial charge in [-0.15, -0.1) is 0 Å². The predicted octanol–water partition coefficient (Wildman–Crippen LogP) is 7.01. The Labute approximate surface area is 237 Å². The van der Waals surface area contributed by atoms with Gasteiger partial charge in [0.25, 0.3) is 10.1 Å². The second-order valence-corrected chi connectivity index (χ2v) is 12.7. The average Bonchev–Trinajstić information content (AvgIpc) is 2.86. The third-order valence-electron chi connectivity index (χ3n) is 7.24. The highest BCUT2D eigenvalue weighted by molar-refractivity contribution is 7.86. The van der Waals surface area contributed by atoms with Gasteiger partial charge in [0.05, 0.1) is 10.5 Å². The molecular weight excluding hydrogens is 524 g/mol. The number of hydrogen-bond acceptors (Lipinski definition) is 6. The van der Waals surface area contributed by atoms with E-state index in [1.165, 1.54) is 0 Å². The first-order valence-electron chi connectivity index (χ1n) is 13.5. The highest BCUT2D eigenvalue weighted by Crippen LogP contribution is 2.43. The summed E-state index contributed by atoms with van der Waals surface area (Å²) >= 11 is 0. The van der Waals surface area contributed by atoms with Crippen molar-refractivity contribution in [3.8, 4) is 11.5 Å². The zero-order chi connectivity index (χ0) is 28.8. The van der Waals surface area contributed by atoms with E-state index >= 15 is 0 Å². The molecule has 5 rings (SSSR count). The van der Waals surface area contributed by atoms with Crippen molar-refractivity contribution in [3.05, 3.63) is 99.9 Å². The smallest absolute Gasteiger partial charge is 0.298 e. The molecular formula is C33H36O6S. The maximum Gasteiger partial charge on any atom is 0.298 e. The van der Waals surface area contributed by atoms with Gasteiger partial charge in [0.2, 0.25) is 0 Å². The molecule has 40 heavy (non-hydrogen) atoms. The number of allylic oxidation sites excluding steroid dienone is 1. The lowest BCUT2D eigenvalue weighted by Crippen LogP contribution is -2.28. The van der Waals surface area contributed by atoms with E-state index < -0.39 is 16.2 Å². The van der Waals surface area contributed by atoms with E-state index in [0.717, 1.165) is 39.3 Å². The number of fused-ring (bicyclic) bond motifs is 3. The van der Waals surface area contributed by atoms with Crippen LogP contribution in [0, 0.1) is 26.7 Å². The van der Waals surface area contributed by atoms with E-state index in [-0.39, 0.29) is 23.0 Å². The first-order chi connectivity index (χ1) is 18.9. The summed E-state index contributed by atoms with van der Waals surface area (Å²) in [6, 6.07) is 7.67. The van der Waals surface area contributed by atoms with Crippen LogP contribution in [-0.2, 0) is 19.0 Å². The minimum atomic E-state index is -4.02. The van der Waals surface area contributed by atoms with E-state index in [0.29, 0.717) is 23.5 Å². The molecule has 0 saturated carbocycles. The molecule has 2 aromatic rings. The van der Waals surface area contributed by atoms with E-state index in [1.807, 2.05) is 64.1 Å². The molecule has 0 spiro atoms. The molecule has 0 N–H and O–H groups in total. The molecule has 2 atom stereocenters. The van der Waals surface area contributed by atoms with Crippen molar-refractivity contribution < 1.29 is 26.8 Å². The quantitative estimate of drug-likeness (QED) is 0.268. The fraction of sp³-hybridized carbons (Fsp3) is 0.333. The number of benzene rings is 2. The van der Waals surface area contributed by atoms with Crippen LogP contribution in [0.4, 0.5) is 0 Å². The van der Waals surface area contributed by atoms with Crippen LogP contribution in [0.2, 0.25) is 0 Å². The molecule has 0 fully saturated rings. The van der Waals surface area contributed by atoms with Crippen LogP contribution in [0.1, 0.15) is 48.6 Å². The molecule has 0 aromatic heterocycles. The Morgan fingerprint density at radius 1 is 1.12 bits per heavy atom. The maximum absolute atomic E-state index is 13.4. The lowest BCUT2D eigenvalue weighted by atomic mass is 9.88. The number of rotatable bonds is 7. The minimum Gasteiger partial charge on any atom is -0.489 e. The van der Waals surface area contributed by atoms with Gasteiger partial charge >= 0.3 is 0 Å². The fourth-order valence-corrected chi connectivity index (χ4v) is 7.02. The highest BCUT2D eigenvalue weighted by atomic mass is 32.2. The topological polar surface area (TPSA) is 71.1 Å². The normalized spacial score (nSPS) is 21.1. The lowest BCUT2D eigenvalue weighted by molar-refractivity contribution is 0.158. The van der Waals surface area contributed by atoms with Gasteiger partial charge in [-0.25, -0.2) is 0 Å². The van der Waals surface area contributed by atoms with Crippen LogP contribution in [-0.4, -0.2) is 33.3 Å². The summed E-state index contributed by atoms with van der Waals surface area (Å²) in [5.74, 6) is 1.88. The van der Waals surface area contributed by atoms with Crippen LogP contribution >= 0.6 is 0 Å². The molecule has 1 aliphatic carbocycles. The van der Waals surface area contributed by atoms with Crippen molar-refractivity contribution >= 4 is 22.3 Å². The number of ether oxygens (including phenoxy) is 3. The van der Waals surface area contributed by atoms with Crippen LogP contribution in [0.5, 0.6) is 11.5 Å². The van der Waals surface area contributed by atoms with Crippen LogP contribution in [0.25, 0.3) is 12.2 Å². The van der Waals surface area contributed by atoms with E-state index in [1.54, 1.807) is 26.0 Å². The Hall–Kier alpha value is -3.55. The predicted molar refractivity (Wildman–Crippen MR) is 158 cm³/mol. The van der Waals surface area contributed by atoms with Crippen molar-refractivity contribution in [2.75, 3.05) is 13.2 Å². The summed E-state index contributed by atoms with van der Waals surface area (Å²) in [5, 5.41) is 0. The fourth-order valence-electron chi connectivity index (χ4n) is 5.50. The first kappa shape index (κ1) is 28.0. The van der Waals surface area contributed by atoms with Crippen LogP contribution in [0.15, 0.2) is 76.9 Å². The van der Waals surface area contributed by atoms with Gasteiger partial charge in [-0.2, -0.15) is 8.42 Å². The van der Waals surface area contributed by atoms with Crippen molar-refractivity contribution in [2.24, 2.45) is 5.92 Å². The van der Waals surface area contributed by atoms with Gasteiger partial charge in [0, 0.05) is 22.6 Å². The summed E-state index contributed by atoms with van der Waals surface area (Å²) in [5.41, 5.74) is 5.62. The van der Waals surface area contributed by atoms with Gasteiger partial charge in [0.1, 0.15) is 42.2 Å². The van der Waals surface area contributed by atoms with Gasteiger partial charge in [0.15, 0.2) is 0 Å². The van der Waals surface area contributed by atoms with Gasteiger partial charge in [-0.1, -0.05) is 43.4 Å². The molecule has 2 aromatic carbocycles. The highest BCUT2D eigenvalue weighted by Gasteiger charge is 2.33. The third kappa shape index (κ3) is 5.40. The van der Waals surface area contributed by atoms with Gasteiger partial charge in [-0.3, -0.25) is 4.18 Å². The number of aryl methyl sites for hydroxylation is 3. The van der Waals surface area contributed by atoms with E-state index in [4.69, 9.17) is 18.4 Å². The average molecular weight is 561 g/mol. The summed E-state index contributed by atoms with van der Waals surface area (Å²) in [4.78, 5) is 0.215. The molecule has 2 heterocycles. The molecule has 3 aliphatic rings. The lowest BCUT2D eigenvalue weighted by Gasteiger charge is -2.31. The molecule has 0 radical (unpaired) electrons. The SMILES string of the molecule is C=CCOC1=CC(OS(=O)(=O)c2c(C)cc(C)cc2C)C(C)C=C1C1=Cc2ccc3c(c2OC1)C=CC(C)(C)O3. The van der Waals surface area contributed by atoms with Gasteiger partial charge in [-0.05, 0) is 82.2 Å². The van der Waals surface area contributed by atoms with Crippen molar-refractivity contribution in [3.63, 3.8) is 0 Å². The first-order valence-corrected chi connectivity index (χ1v) is 14.9. The Kier molecular flexibility index (Phi) is 7.31. The van der Waals surface area contributed by atoms with Crippen LogP contribution in [0.3, 0.4) is 0 Å². The second-order valence-electron chi connectivity index (χ2n) is 11.2. The van der Waals surface area contributed by atoms with Crippen molar-refractivity contribution in [1.29, 1.82) is 0 Å². The second kappa shape index (κ2) is 10.5. The van der Waals surface area contributed by atoms with Crippen molar-refractivity contribution in [1.82, 2.24) is 0 Å². The largest absolute Gasteiger partial charge is 0.489 e. The Morgan fingerprint density at radius 3 is 2.55 bits per heavy atom.